The van der Waals surface area contributed by atoms with E-state index in [0.717, 1.165) is 5.56 Å². The van der Waals surface area contributed by atoms with Crippen molar-refractivity contribution < 1.29 is 18.7 Å². The van der Waals surface area contributed by atoms with E-state index in [0.29, 0.717) is 5.56 Å². The van der Waals surface area contributed by atoms with E-state index in [1.54, 1.807) is 57.2 Å². The van der Waals surface area contributed by atoms with Crippen LogP contribution in [0.5, 0.6) is 0 Å². The second kappa shape index (κ2) is 9.83. The molecule has 0 aromatic heterocycles. The van der Waals surface area contributed by atoms with Gasteiger partial charge in [-0.1, -0.05) is 24.3 Å². The maximum absolute atomic E-state index is 13.6. The minimum atomic E-state index is -0.569. The predicted octanol–water partition coefficient (Wildman–Crippen LogP) is 3.48. The normalized spacial score (nSPS) is 10.6. The first kappa shape index (κ1) is 22.1. The van der Waals surface area contributed by atoms with E-state index in [9.17, 15) is 14.0 Å². The van der Waals surface area contributed by atoms with Crippen LogP contribution >= 0.6 is 12.2 Å². The Bertz CT molecular complexity index is 882. The number of nitrogens with one attached hydrogen (secondary N) is 4. The standard InChI is InChI=1S/C20H23FN4O3S/c1-20(2,3)28-19(27)22-12-13-8-10-14(11-9-13)17(26)24-25-18(29)23-16-7-5-4-6-15(16)21/h4-11H,12H2,1-3H3,(H,22,27)(H,24,26)(H2,23,25,29). The molecule has 7 nitrogen and oxygen atoms in total. The highest BCUT2D eigenvalue weighted by molar-refractivity contribution is 7.80. The zero-order valence-corrected chi connectivity index (χ0v) is 17.2. The van der Waals surface area contributed by atoms with Gasteiger partial charge in [0.15, 0.2) is 5.11 Å². The molecule has 0 radical (unpaired) electrons. The lowest BCUT2D eigenvalue weighted by Crippen LogP contribution is -2.43. The van der Waals surface area contributed by atoms with Gasteiger partial charge in [-0.15, -0.1) is 0 Å². The number of carbonyl (C=O) groups is 2. The van der Waals surface area contributed by atoms with Crippen molar-refractivity contribution in [3.63, 3.8) is 0 Å². The summed E-state index contributed by atoms with van der Waals surface area (Å²) in [7, 11) is 0. The van der Waals surface area contributed by atoms with E-state index in [-0.39, 0.29) is 17.3 Å². The molecule has 9 heteroatoms. The van der Waals surface area contributed by atoms with Crippen LogP contribution in [-0.2, 0) is 11.3 Å². The molecule has 0 saturated carbocycles. The van der Waals surface area contributed by atoms with E-state index in [1.807, 2.05) is 0 Å². The van der Waals surface area contributed by atoms with Crippen molar-refractivity contribution in [1.82, 2.24) is 16.2 Å². The number of hydrogen-bond acceptors (Lipinski definition) is 4. The van der Waals surface area contributed by atoms with Crippen LogP contribution in [0.3, 0.4) is 0 Å². The van der Waals surface area contributed by atoms with Crippen molar-refractivity contribution in [2.24, 2.45) is 0 Å². The SMILES string of the molecule is CC(C)(C)OC(=O)NCc1ccc(C(=O)NNC(=S)Nc2ccccc2F)cc1. The third kappa shape index (κ3) is 7.74. The summed E-state index contributed by atoms with van der Waals surface area (Å²) in [6.07, 6.45) is -0.514. The van der Waals surface area contributed by atoms with Crippen molar-refractivity contribution in [3.05, 3.63) is 65.5 Å². The lowest BCUT2D eigenvalue weighted by atomic mass is 10.1. The van der Waals surface area contributed by atoms with E-state index >= 15 is 0 Å². The molecule has 2 rings (SSSR count). The van der Waals surface area contributed by atoms with Crippen LogP contribution in [0.2, 0.25) is 0 Å². The maximum Gasteiger partial charge on any atom is 0.407 e. The molecule has 0 spiro atoms. The average Bonchev–Trinajstić information content (AvgIpc) is 2.65. The smallest absolute Gasteiger partial charge is 0.407 e. The molecule has 0 aliphatic heterocycles. The van der Waals surface area contributed by atoms with E-state index in [2.05, 4.69) is 21.5 Å². The second-order valence-electron chi connectivity index (χ2n) is 7.07. The van der Waals surface area contributed by atoms with E-state index in [4.69, 9.17) is 17.0 Å². The van der Waals surface area contributed by atoms with E-state index in [1.165, 1.54) is 12.1 Å². The average molecular weight is 418 g/mol. The lowest BCUT2D eigenvalue weighted by Gasteiger charge is -2.19. The molecule has 2 aromatic carbocycles. The molecule has 2 amide bonds. The molecule has 0 saturated heterocycles. The van der Waals surface area contributed by atoms with Crippen molar-refractivity contribution >= 4 is 35.0 Å². The quantitative estimate of drug-likeness (QED) is 0.449. The number of thiocarbonyl (C=S) groups is 1. The first-order valence-electron chi connectivity index (χ1n) is 8.82. The summed E-state index contributed by atoms with van der Waals surface area (Å²) in [6.45, 7) is 5.62. The third-order valence-corrected chi connectivity index (χ3v) is 3.67. The van der Waals surface area contributed by atoms with Gasteiger partial charge in [0, 0.05) is 12.1 Å². The Balaban J connectivity index is 1.80. The van der Waals surface area contributed by atoms with Gasteiger partial charge in [-0.05, 0) is 62.8 Å². The number of carbonyl (C=O) groups excluding carboxylic acids is 2. The van der Waals surface area contributed by atoms with Crippen molar-refractivity contribution in [3.8, 4) is 0 Å². The largest absolute Gasteiger partial charge is 0.444 e. The van der Waals surface area contributed by atoms with Crippen LogP contribution in [-0.4, -0.2) is 22.7 Å². The number of ether oxygens (including phenoxy) is 1. The molecule has 0 fully saturated rings. The Labute approximate surface area is 174 Å². The van der Waals surface area contributed by atoms with Crippen molar-refractivity contribution in [1.29, 1.82) is 0 Å². The summed E-state index contributed by atoms with van der Waals surface area (Å²) >= 11 is 5.03. The van der Waals surface area contributed by atoms with Crippen LogP contribution in [0.1, 0.15) is 36.7 Å². The van der Waals surface area contributed by atoms with Crippen LogP contribution in [0.4, 0.5) is 14.9 Å². The highest BCUT2D eigenvalue weighted by Gasteiger charge is 2.15. The number of rotatable bonds is 4. The number of hydrogen-bond donors (Lipinski definition) is 4. The van der Waals surface area contributed by atoms with Crippen LogP contribution in [0.15, 0.2) is 48.5 Å². The first-order valence-corrected chi connectivity index (χ1v) is 9.22. The van der Waals surface area contributed by atoms with Gasteiger partial charge < -0.3 is 15.4 Å². The van der Waals surface area contributed by atoms with Gasteiger partial charge >= 0.3 is 6.09 Å². The van der Waals surface area contributed by atoms with Gasteiger partial charge in [-0.3, -0.25) is 15.6 Å². The molecule has 0 atom stereocenters. The van der Waals surface area contributed by atoms with Crippen LogP contribution in [0.25, 0.3) is 0 Å². The molecule has 0 unspecified atom stereocenters. The van der Waals surface area contributed by atoms with Gasteiger partial charge in [-0.2, -0.15) is 0 Å². The van der Waals surface area contributed by atoms with E-state index < -0.39 is 23.4 Å². The zero-order chi connectivity index (χ0) is 21.4. The molecule has 0 bridgehead atoms. The number of anilines is 1. The van der Waals surface area contributed by atoms with Crippen LogP contribution in [0, 0.1) is 5.82 Å². The predicted molar refractivity (Wildman–Crippen MR) is 113 cm³/mol. The monoisotopic (exact) mass is 418 g/mol. The molecule has 0 aliphatic rings. The molecule has 29 heavy (non-hydrogen) atoms. The fourth-order valence-electron chi connectivity index (χ4n) is 2.16. The first-order chi connectivity index (χ1) is 13.6. The highest BCUT2D eigenvalue weighted by Crippen LogP contribution is 2.12. The molecular formula is C20H23FN4O3S. The summed E-state index contributed by atoms with van der Waals surface area (Å²) in [6, 6.07) is 12.7. The molecular weight excluding hydrogens is 395 g/mol. The van der Waals surface area contributed by atoms with Crippen LogP contribution < -0.4 is 21.5 Å². The molecule has 154 valence electrons. The molecule has 4 N–H and O–H groups in total. The summed E-state index contributed by atoms with van der Waals surface area (Å²) in [5, 5.41) is 5.33. The lowest BCUT2D eigenvalue weighted by molar-refractivity contribution is 0.0523. The Morgan fingerprint density at radius 3 is 2.31 bits per heavy atom. The summed E-state index contributed by atoms with van der Waals surface area (Å²) < 4.78 is 18.7. The fraction of sp³-hybridized carbons (Fsp3) is 0.250. The second-order valence-corrected chi connectivity index (χ2v) is 7.47. The zero-order valence-electron chi connectivity index (χ0n) is 16.3. The number of amides is 2. The third-order valence-electron chi connectivity index (χ3n) is 3.46. The van der Waals surface area contributed by atoms with Gasteiger partial charge in [0.2, 0.25) is 0 Å². The minimum Gasteiger partial charge on any atom is -0.444 e. The highest BCUT2D eigenvalue weighted by atomic mass is 32.1. The van der Waals surface area contributed by atoms with Gasteiger partial charge in [0.05, 0.1) is 5.69 Å². The topological polar surface area (TPSA) is 91.5 Å². The minimum absolute atomic E-state index is 0.0432. The molecule has 0 heterocycles. The van der Waals surface area contributed by atoms with Crippen molar-refractivity contribution in [2.45, 2.75) is 32.9 Å². The van der Waals surface area contributed by atoms with Gasteiger partial charge in [-0.25, -0.2) is 9.18 Å². The summed E-state index contributed by atoms with van der Waals surface area (Å²) in [5.74, 6) is -0.882. The number of hydrazine groups is 1. The van der Waals surface area contributed by atoms with Gasteiger partial charge in [0.25, 0.3) is 5.91 Å². The van der Waals surface area contributed by atoms with Crippen molar-refractivity contribution in [2.75, 3.05) is 5.32 Å². The summed E-state index contributed by atoms with van der Waals surface area (Å²) in [4.78, 5) is 23.8. The summed E-state index contributed by atoms with van der Waals surface area (Å²) in [5.41, 5.74) is 5.75. The Kier molecular flexibility index (Phi) is 7.49. The number of para-hydroxylation sites is 1. The molecule has 0 aliphatic carbocycles. The number of halogens is 1. The Morgan fingerprint density at radius 1 is 1.03 bits per heavy atom. The Hall–Kier alpha value is -3.20. The van der Waals surface area contributed by atoms with Gasteiger partial charge in [0.1, 0.15) is 11.4 Å². The fourth-order valence-corrected chi connectivity index (χ4v) is 2.33. The Morgan fingerprint density at radius 2 is 1.69 bits per heavy atom. The molecule has 2 aromatic rings. The number of alkyl carbamates (subject to hydrolysis) is 1. The maximum atomic E-state index is 13.6. The number of benzene rings is 2.